The number of nitrogens with one attached hydrogen (secondary N) is 1. The molecule has 0 saturated carbocycles. The van der Waals surface area contributed by atoms with Crippen LogP contribution >= 0.6 is 0 Å². The lowest BCUT2D eigenvalue weighted by Gasteiger charge is -2.17. The Kier molecular flexibility index (Phi) is 3.77. The lowest BCUT2D eigenvalue weighted by molar-refractivity contribution is 0.222. The van der Waals surface area contributed by atoms with E-state index in [0.29, 0.717) is 24.3 Å². The molecule has 2 amide bonds. The normalized spacial score (nSPS) is 17.8. The van der Waals surface area contributed by atoms with Crippen LogP contribution in [0.5, 0.6) is 0 Å². The summed E-state index contributed by atoms with van der Waals surface area (Å²) in [6.07, 6.45) is 3.77. The Morgan fingerprint density at radius 3 is 2.90 bits per heavy atom. The first-order valence-electron chi connectivity index (χ1n) is 6.81. The van der Waals surface area contributed by atoms with Gasteiger partial charge in [0.25, 0.3) is 0 Å². The monoisotopic (exact) mass is 286 g/mol. The molecule has 1 unspecified atom stereocenters. The van der Waals surface area contributed by atoms with Gasteiger partial charge in [-0.15, -0.1) is 0 Å². The highest BCUT2D eigenvalue weighted by molar-refractivity contribution is 5.89. The maximum absolute atomic E-state index is 13.8. The Balaban J connectivity index is 1.64. The van der Waals surface area contributed by atoms with Crippen molar-refractivity contribution >= 4 is 11.7 Å². The summed E-state index contributed by atoms with van der Waals surface area (Å²) < 4.78 is 13.8. The van der Waals surface area contributed by atoms with Crippen molar-refractivity contribution in [3.63, 3.8) is 0 Å². The number of halogens is 1. The molecule has 6 heteroatoms. The molecule has 1 atom stereocenters. The maximum Gasteiger partial charge on any atom is 0.321 e. The molecule has 1 aromatic carbocycles. The quantitative estimate of drug-likeness (QED) is 0.923. The molecular weight excluding hydrogens is 271 g/mol. The lowest BCUT2D eigenvalue weighted by atomic mass is 9.98. The topological polar surface area (TPSA) is 58.1 Å². The summed E-state index contributed by atoms with van der Waals surface area (Å²) in [7, 11) is 0. The largest absolute Gasteiger partial charge is 0.324 e. The van der Waals surface area contributed by atoms with E-state index < -0.39 is 0 Å². The molecule has 1 N–H and O–H groups in total. The van der Waals surface area contributed by atoms with Gasteiger partial charge in [-0.05, 0) is 24.1 Å². The molecule has 108 valence electrons. The van der Waals surface area contributed by atoms with E-state index in [-0.39, 0.29) is 17.8 Å². The molecule has 0 aliphatic carbocycles. The van der Waals surface area contributed by atoms with Crippen LogP contribution < -0.4 is 5.32 Å². The van der Waals surface area contributed by atoms with Gasteiger partial charge in [0.1, 0.15) is 5.82 Å². The third-order valence-electron chi connectivity index (χ3n) is 3.66. The molecular formula is C15H15FN4O. The second-order valence-corrected chi connectivity index (χ2v) is 5.01. The molecule has 1 aromatic heterocycles. The maximum atomic E-state index is 13.8. The van der Waals surface area contributed by atoms with Gasteiger partial charge in [0.2, 0.25) is 0 Å². The Hall–Kier alpha value is -2.50. The van der Waals surface area contributed by atoms with Gasteiger partial charge >= 0.3 is 6.03 Å². The molecule has 0 radical (unpaired) electrons. The van der Waals surface area contributed by atoms with Crippen LogP contribution in [-0.2, 0) is 0 Å². The van der Waals surface area contributed by atoms with Crippen molar-refractivity contribution in [3.8, 4) is 0 Å². The summed E-state index contributed by atoms with van der Waals surface area (Å²) >= 11 is 0. The van der Waals surface area contributed by atoms with Gasteiger partial charge in [0.05, 0.1) is 18.1 Å². The molecule has 0 spiro atoms. The molecule has 1 aliphatic heterocycles. The highest BCUT2D eigenvalue weighted by Gasteiger charge is 2.28. The number of rotatable bonds is 2. The third-order valence-corrected chi connectivity index (χ3v) is 3.66. The smallest absolute Gasteiger partial charge is 0.321 e. The molecule has 2 heterocycles. The average molecular weight is 286 g/mol. The molecule has 1 aliphatic rings. The summed E-state index contributed by atoms with van der Waals surface area (Å²) in [6, 6.07) is 8.23. The van der Waals surface area contributed by atoms with Crippen LogP contribution in [0.25, 0.3) is 0 Å². The summed E-state index contributed by atoms with van der Waals surface area (Å²) in [5, 5.41) is 10.1. The Morgan fingerprint density at radius 1 is 1.29 bits per heavy atom. The first kappa shape index (κ1) is 13.5. The molecule has 21 heavy (non-hydrogen) atoms. The zero-order valence-electron chi connectivity index (χ0n) is 11.4. The highest BCUT2D eigenvalue weighted by Crippen LogP contribution is 2.29. The van der Waals surface area contributed by atoms with Gasteiger partial charge in [-0.3, -0.25) is 0 Å². The fourth-order valence-electron chi connectivity index (χ4n) is 2.57. The van der Waals surface area contributed by atoms with Crippen molar-refractivity contribution in [2.24, 2.45) is 0 Å². The van der Waals surface area contributed by atoms with E-state index in [9.17, 15) is 9.18 Å². The Bertz CT molecular complexity index is 635. The first-order chi connectivity index (χ1) is 10.2. The van der Waals surface area contributed by atoms with Gasteiger partial charge in [0.15, 0.2) is 0 Å². The number of nitrogens with zero attached hydrogens (tertiary/aromatic N) is 3. The van der Waals surface area contributed by atoms with Crippen molar-refractivity contribution < 1.29 is 9.18 Å². The zero-order valence-corrected chi connectivity index (χ0v) is 11.4. The average Bonchev–Trinajstić information content (AvgIpc) is 2.98. The van der Waals surface area contributed by atoms with Gasteiger partial charge in [-0.2, -0.15) is 10.2 Å². The van der Waals surface area contributed by atoms with E-state index in [0.717, 1.165) is 6.42 Å². The van der Waals surface area contributed by atoms with Crippen molar-refractivity contribution in [2.45, 2.75) is 12.3 Å². The number of hydrogen-bond acceptors (Lipinski definition) is 3. The zero-order chi connectivity index (χ0) is 14.7. The number of urea groups is 1. The Morgan fingerprint density at radius 2 is 2.14 bits per heavy atom. The molecule has 0 bridgehead atoms. The molecule has 2 aromatic rings. The number of benzene rings is 1. The summed E-state index contributed by atoms with van der Waals surface area (Å²) in [6.45, 7) is 1.13. The van der Waals surface area contributed by atoms with Gasteiger partial charge in [-0.25, -0.2) is 9.18 Å². The van der Waals surface area contributed by atoms with E-state index >= 15 is 0 Å². The number of anilines is 1. The second-order valence-electron chi connectivity index (χ2n) is 5.01. The van der Waals surface area contributed by atoms with Crippen LogP contribution in [0, 0.1) is 5.82 Å². The van der Waals surface area contributed by atoms with Crippen molar-refractivity contribution in [1.82, 2.24) is 15.1 Å². The van der Waals surface area contributed by atoms with E-state index in [1.165, 1.54) is 18.5 Å². The lowest BCUT2D eigenvalue weighted by Crippen LogP contribution is -2.32. The fourth-order valence-corrected chi connectivity index (χ4v) is 2.57. The SMILES string of the molecule is O=C(Nc1ccnnc1)N1CCC(c2ccccc2F)C1. The van der Waals surface area contributed by atoms with Gasteiger partial charge in [0, 0.05) is 19.0 Å². The van der Waals surface area contributed by atoms with Crippen LogP contribution in [0.2, 0.25) is 0 Å². The predicted molar refractivity (Wildman–Crippen MR) is 76.4 cm³/mol. The second kappa shape index (κ2) is 5.87. The predicted octanol–water partition coefficient (Wildman–Crippen LogP) is 2.64. The molecule has 1 saturated heterocycles. The minimum absolute atomic E-state index is 0.0486. The van der Waals surface area contributed by atoms with Crippen LogP contribution in [0.1, 0.15) is 17.9 Å². The number of carbonyl (C=O) groups is 1. The van der Waals surface area contributed by atoms with Gasteiger partial charge < -0.3 is 10.2 Å². The van der Waals surface area contributed by atoms with Crippen LogP contribution in [0.4, 0.5) is 14.9 Å². The van der Waals surface area contributed by atoms with E-state index in [2.05, 4.69) is 15.5 Å². The summed E-state index contributed by atoms with van der Waals surface area (Å²) in [5.41, 5.74) is 1.28. The number of amides is 2. The van der Waals surface area contributed by atoms with Crippen LogP contribution in [-0.4, -0.2) is 34.2 Å². The van der Waals surface area contributed by atoms with Crippen molar-refractivity contribution in [1.29, 1.82) is 0 Å². The molecule has 1 fully saturated rings. The number of likely N-dealkylation sites (tertiary alicyclic amines) is 1. The number of carbonyl (C=O) groups excluding carboxylic acids is 1. The number of aromatic nitrogens is 2. The fraction of sp³-hybridized carbons (Fsp3) is 0.267. The summed E-state index contributed by atoms with van der Waals surface area (Å²) in [5.74, 6) is -0.157. The third kappa shape index (κ3) is 2.99. The van der Waals surface area contributed by atoms with Crippen molar-refractivity contribution in [3.05, 3.63) is 54.1 Å². The minimum atomic E-state index is -0.205. The van der Waals surface area contributed by atoms with Crippen LogP contribution in [0.15, 0.2) is 42.7 Å². The van der Waals surface area contributed by atoms with E-state index in [1.807, 2.05) is 6.07 Å². The minimum Gasteiger partial charge on any atom is -0.324 e. The first-order valence-corrected chi connectivity index (χ1v) is 6.81. The number of hydrogen-bond donors (Lipinski definition) is 1. The van der Waals surface area contributed by atoms with Crippen molar-refractivity contribution in [2.75, 3.05) is 18.4 Å². The van der Waals surface area contributed by atoms with Crippen LogP contribution in [0.3, 0.4) is 0 Å². The van der Waals surface area contributed by atoms with E-state index in [1.54, 1.807) is 23.1 Å². The summed E-state index contributed by atoms with van der Waals surface area (Å²) in [4.78, 5) is 13.8. The molecule has 3 rings (SSSR count). The highest BCUT2D eigenvalue weighted by atomic mass is 19.1. The Labute approximate surface area is 121 Å². The van der Waals surface area contributed by atoms with E-state index in [4.69, 9.17) is 0 Å². The van der Waals surface area contributed by atoms with Gasteiger partial charge in [-0.1, -0.05) is 18.2 Å². The standard InChI is InChI=1S/C15H15FN4O/c16-14-4-2-1-3-13(14)11-6-8-20(10-11)15(21)19-12-5-7-17-18-9-12/h1-5,7,9,11H,6,8,10H2,(H,17,19,21). The molecule has 5 nitrogen and oxygen atoms in total.